The van der Waals surface area contributed by atoms with Gasteiger partial charge in [0.15, 0.2) is 0 Å². The molecule has 0 heterocycles. The van der Waals surface area contributed by atoms with Crippen molar-refractivity contribution in [1.82, 2.24) is 5.32 Å². The SMILES string of the molecule is CCSCCCNCC(Cl)C1CC1. The average molecular weight is 222 g/mol. The third kappa shape index (κ3) is 5.82. The van der Waals surface area contributed by atoms with Crippen LogP contribution in [0.3, 0.4) is 0 Å². The molecule has 1 fully saturated rings. The number of halogens is 1. The van der Waals surface area contributed by atoms with E-state index in [1.54, 1.807) is 0 Å². The van der Waals surface area contributed by atoms with E-state index in [9.17, 15) is 0 Å². The summed E-state index contributed by atoms with van der Waals surface area (Å²) in [5, 5.41) is 3.81. The Labute approximate surface area is 91.0 Å². The second-order valence-electron chi connectivity index (χ2n) is 3.61. The normalized spacial score (nSPS) is 18.9. The van der Waals surface area contributed by atoms with Crippen molar-refractivity contribution in [2.45, 2.75) is 31.6 Å². The first kappa shape index (κ1) is 11.7. The number of alkyl halides is 1. The van der Waals surface area contributed by atoms with Gasteiger partial charge in [0.2, 0.25) is 0 Å². The molecule has 0 radical (unpaired) electrons. The van der Waals surface area contributed by atoms with Crippen LogP contribution in [0, 0.1) is 5.92 Å². The summed E-state index contributed by atoms with van der Waals surface area (Å²) >= 11 is 8.16. The number of hydrogen-bond donors (Lipinski definition) is 1. The molecule has 0 amide bonds. The van der Waals surface area contributed by atoms with Gasteiger partial charge in [-0.1, -0.05) is 6.92 Å². The number of rotatable bonds is 8. The highest BCUT2D eigenvalue weighted by Crippen LogP contribution is 2.35. The largest absolute Gasteiger partial charge is 0.315 e. The van der Waals surface area contributed by atoms with Gasteiger partial charge >= 0.3 is 0 Å². The van der Waals surface area contributed by atoms with E-state index in [2.05, 4.69) is 12.2 Å². The minimum absolute atomic E-state index is 0.388. The molecule has 1 N–H and O–H groups in total. The summed E-state index contributed by atoms with van der Waals surface area (Å²) in [5.74, 6) is 3.33. The fraction of sp³-hybridized carbons (Fsp3) is 1.00. The van der Waals surface area contributed by atoms with Crippen LogP contribution in [0.5, 0.6) is 0 Å². The van der Waals surface area contributed by atoms with Crippen molar-refractivity contribution in [3.8, 4) is 0 Å². The van der Waals surface area contributed by atoms with E-state index < -0.39 is 0 Å². The quantitative estimate of drug-likeness (QED) is 0.500. The standard InChI is InChI=1S/C10H20ClNS/c1-2-13-7-3-6-12-8-10(11)9-4-5-9/h9-10,12H,2-8H2,1H3. The van der Waals surface area contributed by atoms with Crippen LogP contribution in [0.15, 0.2) is 0 Å². The van der Waals surface area contributed by atoms with E-state index in [1.807, 2.05) is 11.8 Å². The maximum Gasteiger partial charge on any atom is 0.0488 e. The fourth-order valence-electron chi connectivity index (χ4n) is 1.31. The summed E-state index contributed by atoms with van der Waals surface area (Å²) in [7, 11) is 0. The zero-order valence-electron chi connectivity index (χ0n) is 8.39. The van der Waals surface area contributed by atoms with Crippen molar-refractivity contribution in [3.63, 3.8) is 0 Å². The Balaban J connectivity index is 1.77. The predicted octanol–water partition coefficient (Wildman–Crippen LogP) is 2.74. The molecule has 0 bridgehead atoms. The Morgan fingerprint density at radius 3 is 2.92 bits per heavy atom. The van der Waals surface area contributed by atoms with Crippen molar-refractivity contribution < 1.29 is 0 Å². The van der Waals surface area contributed by atoms with Gasteiger partial charge in [0, 0.05) is 11.9 Å². The maximum absolute atomic E-state index is 6.15. The molecule has 13 heavy (non-hydrogen) atoms. The van der Waals surface area contributed by atoms with Crippen LogP contribution in [0.4, 0.5) is 0 Å². The minimum Gasteiger partial charge on any atom is -0.315 e. The van der Waals surface area contributed by atoms with Crippen LogP contribution >= 0.6 is 23.4 Å². The van der Waals surface area contributed by atoms with Gasteiger partial charge in [-0.05, 0) is 43.2 Å². The number of nitrogens with one attached hydrogen (secondary N) is 1. The highest BCUT2D eigenvalue weighted by atomic mass is 35.5. The van der Waals surface area contributed by atoms with Crippen LogP contribution in [0.1, 0.15) is 26.2 Å². The molecule has 3 heteroatoms. The second kappa shape index (κ2) is 6.97. The topological polar surface area (TPSA) is 12.0 Å². The van der Waals surface area contributed by atoms with E-state index in [1.165, 1.54) is 30.8 Å². The first-order valence-electron chi connectivity index (χ1n) is 5.27. The second-order valence-corrected chi connectivity index (χ2v) is 5.56. The van der Waals surface area contributed by atoms with Crippen molar-refractivity contribution in [3.05, 3.63) is 0 Å². The Morgan fingerprint density at radius 2 is 2.31 bits per heavy atom. The molecular formula is C10H20ClNS. The number of hydrogen-bond acceptors (Lipinski definition) is 2. The lowest BCUT2D eigenvalue weighted by atomic mass is 10.3. The molecule has 0 spiro atoms. The lowest BCUT2D eigenvalue weighted by molar-refractivity contribution is 0.616. The molecule has 0 aromatic carbocycles. The third-order valence-corrected chi connectivity index (χ3v) is 3.82. The molecule has 78 valence electrons. The first-order chi connectivity index (χ1) is 6.34. The maximum atomic E-state index is 6.15. The van der Waals surface area contributed by atoms with Gasteiger partial charge in [0.25, 0.3) is 0 Å². The molecule has 1 aliphatic rings. The highest BCUT2D eigenvalue weighted by molar-refractivity contribution is 7.99. The molecule has 0 aliphatic heterocycles. The predicted molar refractivity (Wildman–Crippen MR) is 62.9 cm³/mol. The first-order valence-corrected chi connectivity index (χ1v) is 6.86. The monoisotopic (exact) mass is 221 g/mol. The van der Waals surface area contributed by atoms with Gasteiger partial charge < -0.3 is 5.32 Å². The fourth-order valence-corrected chi connectivity index (χ4v) is 2.31. The lowest BCUT2D eigenvalue weighted by Gasteiger charge is -2.08. The summed E-state index contributed by atoms with van der Waals surface area (Å²) in [6.45, 7) is 4.34. The van der Waals surface area contributed by atoms with Crippen LogP contribution in [0.25, 0.3) is 0 Å². The Hall–Kier alpha value is 0.600. The third-order valence-electron chi connectivity index (χ3n) is 2.32. The molecule has 0 aromatic heterocycles. The van der Waals surface area contributed by atoms with E-state index in [4.69, 9.17) is 11.6 Å². The number of thioether (sulfide) groups is 1. The summed E-state index contributed by atoms with van der Waals surface area (Å²) in [5.41, 5.74) is 0. The Bertz CT molecular complexity index is 128. The van der Waals surface area contributed by atoms with Crippen molar-refractivity contribution in [2.75, 3.05) is 24.6 Å². The zero-order chi connectivity index (χ0) is 9.52. The van der Waals surface area contributed by atoms with E-state index in [0.717, 1.165) is 19.0 Å². The molecule has 1 rings (SSSR count). The Morgan fingerprint density at radius 1 is 1.54 bits per heavy atom. The molecule has 1 saturated carbocycles. The highest BCUT2D eigenvalue weighted by Gasteiger charge is 2.28. The molecule has 1 aliphatic carbocycles. The van der Waals surface area contributed by atoms with Crippen LogP contribution in [0.2, 0.25) is 0 Å². The molecule has 1 atom stereocenters. The summed E-state index contributed by atoms with van der Waals surface area (Å²) < 4.78 is 0. The van der Waals surface area contributed by atoms with E-state index >= 15 is 0 Å². The van der Waals surface area contributed by atoms with Gasteiger partial charge in [-0.25, -0.2) is 0 Å². The van der Waals surface area contributed by atoms with Gasteiger partial charge in [-0.15, -0.1) is 11.6 Å². The van der Waals surface area contributed by atoms with Gasteiger partial charge in [0.05, 0.1) is 0 Å². The van der Waals surface area contributed by atoms with Crippen molar-refractivity contribution in [2.24, 2.45) is 5.92 Å². The van der Waals surface area contributed by atoms with Crippen LogP contribution in [-0.4, -0.2) is 30.0 Å². The average Bonchev–Trinajstić information content (AvgIpc) is 2.93. The molecule has 1 nitrogen and oxygen atoms in total. The zero-order valence-corrected chi connectivity index (χ0v) is 9.96. The molecule has 1 unspecified atom stereocenters. The summed E-state index contributed by atoms with van der Waals surface area (Å²) in [4.78, 5) is 0. The van der Waals surface area contributed by atoms with E-state index in [-0.39, 0.29) is 0 Å². The van der Waals surface area contributed by atoms with Crippen LogP contribution < -0.4 is 5.32 Å². The summed E-state index contributed by atoms with van der Waals surface area (Å²) in [6.07, 6.45) is 3.97. The minimum atomic E-state index is 0.388. The van der Waals surface area contributed by atoms with Gasteiger partial charge in [-0.2, -0.15) is 11.8 Å². The van der Waals surface area contributed by atoms with Gasteiger partial charge in [0.1, 0.15) is 0 Å². The van der Waals surface area contributed by atoms with Crippen molar-refractivity contribution in [1.29, 1.82) is 0 Å². The molecular weight excluding hydrogens is 202 g/mol. The van der Waals surface area contributed by atoms with Crippen molar-refractivity contribution >= 4 is 23.4 Å². The molecule has 0 saturated heterocycles. The Kier molecular flexibility index (Phi) is 6.26. The smallest absolute Gasteiger partial charge is 0.0488 e. The van der Waals surface area contributed by atoms with Crippen LogP contribution in [-0.2, 0) is 0 Å². The summed E-state index contributed by atoms with van der Waals surface area (Å²) in [6, 6.07) is 0. The molecule has 0 aromatic rings. The van der Waals surface area contributed by atoms with Gasteiger partial charge in [-0.3, -0.25) is 0 Å². The van der Waals surface area contributed by atoms with E-state index in [0.29, 0.717) is 5.38 Å². The lowest BCUT2D eigenvalue weighted by Crippen LogP contribution is -2.25.